The van der Waals surface area contributed by atoms with E-state index >= 15 is 0 Å². The van der Waals surface area contributed by atoms with E-state index in [-0.39, 0.29) is 34.5 Å². The maximum absolute atomic E-state index is 12.1. The third-order valence-corrected chi connectivity index (χ3v) is 13.0. The van der Waals surface area contributed by atoms with Crippen LogP contribution in [0.5, 0.6) is 0 Å². The number of nitrogens with zero attached hydrogens (tertiary/aromatic N) is 1. The number of rotatable bonds is 6. The topological polar surface area (TPSA) is 70.0 Å². The minimum atomic E-state index is -0.250. The summed E-state index contributed by atoms with van der Waals surface area (Å²) in [4.78, 5) is 13.2. The van der Waals surface area contributed by atoms with Gasteiger partial charge in [0.1, 0.15) is 0 Å². The Morgan fingerprint density at radius 2 is 1.83 bits per heavy atom. The molecule has 5 fully saturated rings. The molecule has 11 atom stereocenters. The molecule has 5 aliphatic rings. The lowest BCUT2D eigenvalue weighted by Crippen LogP contribution is -2.62. The molecule has 2 unspecified atom stereocenters. The number of hydrogen-bond donors (Lipinski definition) is 2. The fraction of sp³-hybridized carbons (Fsp3) is 0.967. The molecular weight excluding hydrogens is 438 g/mol. The highest BCUT2D eigenvalue weighted by Gasteiger charge is 2.83. The van der Waals surface area contributed by atoms with Crippen LogP contribution in [0.2, 0.25) is 0 Å². The van der Waals surface area contributed by atoms with Crippen LogP contribution in [0.4, 0.5) is 4.79 Å². The van der Waals surface area contributed by atoms with Gasteiger partial charge in [-0.05, 0) is 116 Å². The van der Waals surface area contributed by atoms with Crippen molar-refractivity contribution in [1.82, 2.24) is 4.90 Å². The standard InChI is InChI=1S/C30H51NO4/c1-7-29-18-30(29)17-20(32)12-15-28(30,4)23-13-14-27(3)21(10-11-22(27)24(23)25(29)33)19(2)9-8-16-35-26(34)31(5)6/h19-25,32-33H,7-18H2,1-6H3/t19-,20-,21?,22+,23+,24+,25+,27-,28-,29?,30+/m1/s1. The molecule has 35 heavy (non-hydrogen) atoms. The maximum atomic E-state index is 12.1. The number of ether oxygens (including phenoxy) is 1. The Hall–Kier alpha value is -0.810. The second-order valence-electron chi connectivity index (χ2n) is 14.2. The SMILES string of the molecule is CCC12C[C@]13C[C@H](O)CC[C@]3(C)[C@H]1CC[C@]3(C)C([C@H](C)CCCOC(=O)N(C)C)CC[C@H]3[C@@H]1[C@@H]2O. The number of carbonyl (C=O) groups is 1. The van der Waals surface area contributed by atoms with Gasteiger partial charge in [-0.3, -0.25) is 0 Å². The van der Waals surface area contributed by atoms with Crippen molar-refractivity contribution < 1.29 is 19.7 Å². The molecule has 5 aliphatic carbocycles. The first-order chi connectivity index (χ1) is 16.5. The van der Waals surface area contributed by atoms with E-state index in [1.807, 2.05) is 0 Å². The van der Waals surface area contributed by atoms with E-state index in [9.17, 15) is 15.0 Å². The molecular formula is C30H51NO4. The average molecular weight is 490 g/mol. The zero-order valence-electron chi connectivity index (χ0n) is 23.2. The predicted octanol–water partition coefficient (Wildman–Crippen LogP) is 5.87. The quantitative estimate of drug-likeness (QED) is 0.458. The summed E-state index contributed by atoms with van der Waals surface area (Å²) in [7, 11) is 3.45. The monoisotopic (exact) mass is 489 g/mol. The summed E-state index contributed by atoms with van der Waals surface area (Å²) >= 11 is 0. The van der Waals surface area contributed by atoms with Crippen molar-refractivity contribution in [3.63, 3.8) is 0 Å². The van der Waals surface area contributed by atoms with Gasteiger partial charge in [-0.2, -0.15) is 0 Å². The maximum Gasteiger partial charge on any atom is 0.409 e. The van der Waals surface area contributed by atoms with E-state index in [1.54, 1.807) is 14.1 Å². The number of amides is 1. The highest BCUT2D eigenvalue weighted by atomic mass is 16.6. The van der Waals surface area contributed by atoms with Crippen LogP contribution in [0.25, 0.3) is 0 Å². The molecule has 0 aromatic rings. The average Bonchev–Trinajstić information content (AvgIpc) is 3.35. The van der Waals surface area contributed by atoms with Crippen molar-refractivity contribution in [2.24, 2.45) is 51.2 Å². The molecule has 0 aromatic heterocycles. The van der Waals surface area contributed by atoms with E-state index in [0.717, 1.165) is 44.9 Å². The summed E-state index contributed by atoms with van der Waals surface area (Å²) in [6, 6.07) is 0. The van der Waals surface area contributed by atoms with Crippen LogP contribution in [0.3, 0.4) is 0 Å². The predicted molar refractivity (Wildman–Crippen MR) is 138 cm³/mol. The summed E-state index contributed by atoms with van der Waals surface area (Å²) < 4.78 is 5.38. The van der Waals surface area contributed by atoms with Crippen molar-refractivity contribution >= 4 is 6.09 Å². The lowest BCUT2D eigenvalue weighted by Gasteiger charge is -2.64. The molecule has 5 saturated carbocycles. The summed E-state index contributed by atoms with van der Waals surface area (Å²) in [5, 5.41) is 22.8. The number of hydrogen-bond acceptors (Lipinski definition) is 4. The molecule has 5 heteroatoms. The summed E-state index contributed by atoms with van der Waals surface area (Å²) in [5.41, 5.74) is 0.766. The molecule has 200 valence electrons. The van der Waals surface area contributed by atoms with E-state index in [0.29, 0.717) is 41.6 Å². The van der Waals surface area contributed by atoms with Crippen LogP contribution < -0.4 is 0 Å². The fourth-order valence-corrected chi connectivity index (χ4v) is 11.2. The van der Waals surface area contributed by atoms with E-state index < -0.39 is 0 Å². The Morgan fingerprint density at radius 1 is 1.09 bits per heavy atom. The molecule has 0 radical (unpaired) electrons. The molecule has 0 aromatic carbocycles. The molecule has 0 aliphatic heterocycles. The van der Waals surface area contributed by atoms with Gasteiger partial charge in [0.05, 0.1) is 18.8 Å². The largest absolute Gasteiger partial charge is 0.449 e. The number of carbonyl (C=O) groups excluding carboxylic acids is 1. The van der Waals surface area contributed by atoms with Crippen LogP contribution in [0.15, 0.2) is 0 Å². The van der Waals surface area contributed by atoms with Gasteiger partial charge in [0.15, 0.2) is 0 Å². The van der Waals surface area contributed by atoms with E-state index in [4.69, 9.17) is 4.74 Å². The molecule has 1 spiro atoms. The van der Waals surface area contributed by atoms with Gasteiger partial charge in [-0.15, -0.1) is 0 Å². The first kappa shape index (κ1) is 25.8. The third-order valence-electron chi connectivity index (χ3n) is 13.0. The normalized spacial score (nSPS) is 50.9. The minimum Gasteiger partial charge on any atom is -0.449 e. The van der Waals surface area contributed by atoms with Gasteiger partial charge >= 0.3 is 6.09 Å². The van der Waals surface area contributed by atoms with Gasteiger partial charge in [0, 0.05) is 19.5 Å². The second-order valence-corrected chi connectivity index (χ2v) is 14.2. The van der Waals surface area contributed by atoms with Gasteiger partial charge < -0.3 is 19.8 Å². The third kappa shape index (κ3) is 3.42. The van der Waals surface area contributed by atoms with Crippen molar-refractivity contribution in [1.29, 1.82) is 0 Å². The lowest BCUT2D eigenvalue weighted by molar-refractivity contribution is -0.203. The van der Waals surface area contributed by atoms with Crippen LogP contribution in [-0.2, 0) is 4.74 Å². The Kier molecular flexibility index (Phi) is 6.35. The van der Waals surface area contributed by atoms with Crippen LogP contribution in [-0.4, -0.2) is 54.1 Å². The molecule has 0 bridgehead atoms. The van der Waals surface area contributed by atoms with Crippen LogP contribution in [0.1, 0.15) is 98.3 Å². The minimum absolute atomic E-state index is 0.0303. The summed E-state index contributed by atoms with van der Waals surface area (Å²) in [6.07, 6.45) is 11.6. The Bertz CT molecular complexity index is 831. The van der Waals surface area contributed by atoms with E-state index in [2.05, 4.69) is 27.7 Å². The van der Waals surface area contributed by atoms with Crippen molar-refractivity contribution in [3.05, 3.63) is 0 Å². The van der Waals surface area contributed by atoms with Gasteiger partial charge in [0.2, 0.25) is 0 Å². The van der Waals surface area contributed by atoms with Crippen molar-refractivity contribution in [2.75, 3.05) is 20.7 Å². The van der Waals surface area contributed by atoms with Gasteiger partial charge in [0.25, 0.3) is 0 Å². The van der Waals surface area contributed by atoms with Crippen molar-refractivity contribution in [2.45, 2.75) is 111 Å². The molecule has 5 nitrogen and oxygen atoms in total. The molecule has 5 rings (SSSR count). The number of aliphatic hydroxyl groups excluding tert-OH is 2. The molecule has 0 heterocycles. The highest BCUT2D eigenvalue weighted by Crippen LogP contribution is 2.86. The highest BCUT2D eigenvalue weighted by molar-refractivity contribution is 5.66. The van der Waals surface area contributed by atoms with E-state index in [1.165, 1.54) is 30.6 Å². The molecule has 0 saturated heterocycles. The van der Waals surface area contributed by atoms with Gasteiger partial charge in [-0.25, -0.2) is 4.79 Å². The zero-order chi connectivity index (χ0) is 25.4. The lowest BCUT2D eigenvalue weighted by atomic mass is 9.41. The van der Waals surface area contributed by atoms with Gasteiger partial charge in [-0.1, -0.05) is 27.7 Å². The first-order valence-corrected chi connectivity index (χ1v) is 14.7. The second kappa shape index (κ2) is 8.61. The molecule has 2 N–H and O–H groups in total. The Morgan fingerprint density at radius 3 is 2.51 bits per heavy atom. The molecule has 1 amide bonds. The number of fused-ring (bicyclic) bond motifs is 4. The summed E-state index contributed by atoms with van der Waals surface area (Å²) in [6.45, 7) is 10.3. The van der Waals surface area contributed by atoms with Crippen LogP contribution >= 0.6 is 0 Å². The Balaban J connectivity index is 1.33. The zero-order valence-corrected chi connectivity index (χ0v) is 23.2. The first-order valence-electron chi connectivity index (χ1n) is 14.7. The summed E-state index contributed by atoms with van der Waals surface area (Å²) in [5.74, 6) is 2.93. The number of aliphatic hydroxyl groups is 2. The smallest absolute Gasteiger partial charge is 0.409 e. The van der Waals surface area contributed by atoms with Crippen LogP contribution in [0, 0.1) is 51.2 Å². The fourth-order valence-electron chi connectivity index (χ4n) is 11.2. The van der Waals surface area contributed by atoms with Crippen molar-refractivity contribution in [3.8, 4) is 0 Å². The Labute approximate surface area is 213 Å².